The number of methoxy groups -OCH3 is 2. The van der Waals surface area contributed by atoms with E-state index in [0.717, 1.165) is 0 Å². The van der Waals surface area contributed by atoms with Gasteiger partial charge in [-0.1, -0.05) is 24.3 Å². The molecule has 0 saturated heterocycles. The van der Waals surface area contributed by atoms with Crippen LogP contribution in [0.15, 0.2) is 24.3 Å². The lowest BCUT2D eigenvalue weighted by atomic mass is 10.0. The van der Waals surface area contributed by atoms with Gasteiger partial charge in [0.05, 0.1) is 14.2 Å². The van der Waals surface area contributed by atoms with Crippen molar-refractivity contribution < 1.29 is 19.1 Å². The summed E-state index contributed by atoms with van der Waals surface area (Å²) in [6.45, 7) is 0. The highest BCUT2D eigenvalue weighted by Gasteiger charge is 2.19. The quantitative estimate of drug-likeness (QED) is 0.733. The Morgan fingerprint density at radius 2 is 1.17 bits per heavy atom. The fourth-order valence-corrected chi connectivity index (χ4v) is 1.44. The molecule has 2 atom stereocenters. The summed E-state index contributed by atoms with van der Waals surface area (Å²) in [5.74, 6) is -1.06. The summed E-state index contributed by atoms with van der Waals surface area (Å²) in [5.41, 5.74) is 12.5. The van der Waals surface area contributed by atoms with E-state index in [1.54, 1.807) is 24.3 Å². The largest absolute Gasteiger partial charge is 0.468 e. The molecule has 0 bridgehead atoms. The molecule has 4 N–H and O–H groups in total. The molecule has 1 aromatic carbocycles. The second kappa shape index (κ2) is 6.13. The van der Waals surface area contributed by atoms with Crippen molar-refractivity contribution in [3.05, 3.63) is 35.4 Å². The molecule has 0 aliphatic heterocycles. The Hall–Kier alpha value is -1.92. The number of rotatable bonds is 4. The van der Waals surface area contributed by atoms with Gasteiger partial charge in [0.2, 0.25) is 0 Å². The molecule has 0 spiro atoms. The van der Waals surface area contributed by atoms with Crippen LogP contribution in [-0.4, -0.2) is 26.2 Å². The summed E-state index contributed by atoms with van der Waals surface area (Å²) < 4.78 is 9.07. The SMILES string of the molecule is COC(=O)C(N)c1ccc(C(N)C(=O)OC)cc1. The molecule has 0 aliphatic rings. The van der Waals surface area contributed by atoms with Crippen molar-refractivity contribution in [2.45, 2.75) is 12.1 Å². The first kappa shape index (κ1) is 14.1. The van der Waals surface area contributed by atoms with E-state index >= 15 is 0 Å². The van der Waals surface area contributed by atoms with Crippen LogP contribution in [0.25, 0.3) is 0 Å². The van der Waals surface area contributed by atoms with Crippen LogP contribution in [-0.2, 0) is 19.1 Å². The molecule has 1 aromatic rings. The topological polar surface area (TPSA) is 105 Å². The minimum atomic E-state index is -0.849. The zero-order chi connectivity index (χ0) is 13.7. The van der Waals surface area contributed by atoms with Crippen LogP contribution < -0.4 is 11.5 Å². The van der Waals surface area contributed by atoms with Crippen LogP contribution in [0.1, 0.15) is 23.2 Å². The van der Waals surface area contributed by atoms with Crippen molar-refractivity contribution in [1.29, 1.82) is 0 Å². The van der Waals surface area contributed by atoms with Crippen LogP contribution in [0, 0.1) is 0 Å². The number of benzene rings is 1. The Bertz CT molecular complexity index is 389. The average Bonchev–Trinajstić information content (AvgIpc) is 2.44. The van der Waals surface area contributed by atoms with Crippen LogP contribution in [0.3, 0.4) is 0 Å². The van der Waals surface area contributed by atoms with Gasteiger partial charge in [0.15, 0.2) is 0 Å². The van der Waals surface area contributed by atoms with E-state index in [9.17, 15) is 9.59 Å². The highest BCUT2D eigenvalue weighted by Crippen LogP contribution is 2.17. The zero-order valence-corrected chi connectivity index (χ0v) is 10.3. The van der Waals surface area contributed by atoms with E-state index in [1.807, 2.05) is 0 Å². The number of ether oxygens (including phenoxy) is 2. The lowest BCUT2D eigenvalue weighted by Crippen LogP contribution is -2.24. The molecule has 6 heteroatoms. The second-order valence-corrected chi connectivity index (χ2v) is 3.67. The second-order valence-electron chi connectivity index (χ2n) is 3.67. The van der Waals surface area contributed by atoms with E-state index in [1.165, 1.54) is 14.2 Å². The van der Waals surface area contributed by atoms with Crippen LogP contribution >= 0.6 is 0 Å². The van der Waals surface area contributed by atoms with E-state index in [4.69, 9.17) is 11.5 Å². The maximum atomic E-state index is 11.2. The lowest BCUT2D eigenvalue weighted by Gasteiger charge is -2.12. The Morgan fingerprint density at radius 3 is 1.39 bits per heavy atom. The number of esters is 2. The number of carbonyl (C=O) groups excluding carboxylic acids is 2. The van der Waals surface area contributed by atoms with Gasteiger partial charge >= 0.3 is 11.9 Å². The monoisotopic (exact) mass is 252 g/mol. The molecular weight excluding hydrogens is 236 g/mol. The summed E-state index contributed by atoms with van der Waals surface area (Å²) in [7, 11) is 2.54. The van der Waals surface area contributed by atoms with Gasteiger partial charge in [0, 0.05) is 0 Å². The fourth-order valence-electron chi connectivity index (χ4n) is 1.44. The molecule has 0 amide bonds. The van der Waals surface area contributed by atoms with Crippen molar-refractivity contribution in [1.82, 2.24) is 0 Å². The Balaban J connectivity index is 2.86. The average molecular weight is 252 g/mol. The third-order valence-electron chi connectivity index (χ3n) is 2.56. The van der Waals surface area contributed by atoms with Crippen molar-refractivity contribution in [2.24, 2.45) is 11.5 Å². The maximum Gasteiger partial charge on any atom is 0.327 e. The third-order valence-corrected chi connectivity index (χ3v) is 2.56. The first-order valence-corrected chi connectivity index (χ1v) is 5.28. The summed E-state index contributed by atoms with van der Waals surface area (Å²) in [6, 6.07) is 4.80. The van der Waals surface area contributed by atoms with Gasteiger partial charge in [0.1, 0.15) is 12.1 Å². The molecule has 0 fully saturated rings. The highest BCUT2D eigenvalue weighted by molar-refractivity contribution is 5.78. The molecule has 0 heterocycles. The molecule has 1 rings (SSSR count). The standard InChI is InChI=1S/C12H16N2O4/c1-17-11(15)9(13)7-3-5-8(6-4-7)10(14)12(16)18-2/h3-6,9-10H,13-14H2,1-2H3. The molecule has 98 valence electrons. The predicted octanol–water partition coefficient (Wildman–Crippen LogP) is 0.0322. The predicted molar refractivity (Wildman–Crippen MR) is 64.3 cm³/mol. The van der Waals surface area contributed by atoms with Gasteiger partial charge in [-0.3, -0.25) is 9.59 Å². The number of carbonyl (C=O) groups is 2. The summed E-state index contributed by atoms with van der Waals surface area (Å²) >= 11 is 0. The summed E-state index contributed by atoms with van der Waals surface area (Å²) in [4.78, 5) is 22.5. The Labute approximate surface area is 105 Å². The molecule has 0 aliphatic carbocycles. The molecule has 18 heavy (non-hydrogen) atoms. The Morgan fingerprint density at radius 1 is 0.889 bits per heavy atom. The van der Waals surface area contributed by atoms with E-state index in [2.05, 4.69) is 9.47 Å². The van der Waals surface area contributed by atoms with Crippen LogP contribution in [0.2, 0.25) is 0 Å². The molecule has 2 unspecified atom stereocenters. The van der Waals surface area contributed by atoms with Gasteiger partial charge < -0.3 is 20.9 Å². The highest BCUT2D eigenvalue weighted by atomic mass is 16.5. The molecule has 0 radical (unpaired) electrons. The van der Waals surface area contributed by atoms with Crippen molar-refractivity contribution in [3.8, 4) is 0 Å². The molecular formula is C12H16N2O4. The van der Waals surface area contributed by atoms with Crippen LogP contribution in [0.5, 0.6) is 0 Å². The lowest BCUT2D eigenvalue weighted by molar-refractivity contribution is -0.143. The number of nitrogens with two attached hydrogens (primary N) is 2. The minimum Gasteiger partial charge on any atom is -0.468 e. The molecule has 0 saturated carbocycles. The summed E-state index contributed by atoms with van der Waals surface area (Å²) in [5, 5.41) is 0. The van der Waals surface area contributed by atoms with Crippen molar-refractivity contribution in [2.75, 3.05) is 14.2 Å². The van der Waals surface area contributed by atoms with E-state index < -0.39 is 24.0 Å². The summed E-state index contributed by atoms with van der Waals surface area (Å²) in [6.07, 6.45) is 0. The van der Waals surface area contributed by atoms with E-state index in [0.29, 0.717) is 11.1 Å². The molecule has 6 nitrogen and oxygen atoms in total. The smallest absolute Gasteiger partial charge is 0.327 e. The van der Waals surface area contributed by atoms with Gasteiger partial charge in [-0.15, -0.1) is 0 Å². The van der Waals surface area contributed by atoms with E-state index in [-0.39, 0.29) is 0 Å². The Kier molecular flexibility index (Phi) is 4.82. The fraction of sp³-hybridized carbons (Fsp3) is 0.333. The van der Waals surface area contributed by atoms with Gasteiger partial charge in [0.25, 0.3) is 0 Å². The van der Waals surface area contributed by atoms with Crippen molar-refractivity contribution in [3.63, 3.8) is 0 Å². The normalized spacial score (nSPS) is 13.6. The van der Waals surface area contributed by atoms with Gasteiger partial charge in [-0.2, -0.15) is 0 Å². The van der Waals surface area contributed by atoms with Crippen molar-refractivity contribution >= 4 is 11.9 Å². The number of hydrogen-bond donors (Lipinski definition) is 2. The third kappa shape index (κ3) is 3.06. The zero-order valence-electron chi connectivity index (χ0n) is 10.3. The first-order chi connectivity index (χ1) is 8.51. The van der Waals surface area contributed by atoms with Gasteiger partial charge in [-0.25, -0.2) is 0 Å². The van der Waals surface area contributed by atoms with Gasteiger partial charge in [-0.05, 0) is 11.1 Å². The number of hydrogen-bond acceptors (Lipinski definition) is 6. The first-order valence-electron chi connectivity index (χ1n) is 5.28. The molecule has 0 aromatic heterocycles. The van der Waals surface area contributed by atoms with Crippen LogP contribution in [0.4, 0.5) is 0 Å². The minimum absolute atomic E-state index is 0.528. The maximum absolute atomic E-state index is 11.2.